The van der Waals surface area contributed by atoms with Gasteiger partial charge in [0, 0.05) is 25.1 Å². The minimum absolute atomic E-state index is 0.0160. The molecule has 0 aliphatic heterocycles. The Hall–Kier alpha value is -1.14. The van der Waals surface area contributed by atoms with Crippen LogP contribution in [0.3, 0.4) is 0 Å². The van der Waals surface area contributed by atoms with Crippen molar-refractivity contribution in [2.24, 2.45) is 29.1 Å². The summed E-state index contributed by atoms with van der Waals surface area (Å²) in [5, 5.41) is 17.5. The van der Waals surface area contributed by atoms with Crippen LogP contribution in [0.1, 0.15) is 59.3 Å². The van der Waals surface area contributed by atoms with Gasteiger partial charge < -0.3 is 20.5 Å². The molecule has 7 unspecified atom stereocenters. The van der Waals surface area contributed by atoms with E-state index >= 15 is 0 Å². The maximum Gasteiger partial charge on any atom is 0.246 e. The van der Waals surface area contributed by atoms with Gasteiger partial charge >= 0.3 is 0 Å². The van der Waals surface area contributed by atoms with Crippen LogP contribution < -0.4 is 10.6 Å². The number of aliphatic hydroxyl groups excluding tert-OH is 1. The maximum absolute atomic E-state index is 12.5. The van der Waals surface area contributed by atoms with Gasteiger partial charge in [0.15, 0.2) is 0 Å². The maximum atomic E-state index is 12.5. The number of amides is 2. The molecule has 3 fully saturated rings. The van der Waals surface area contributed by atoms with E-state index in [1.165, 1.54) is 7.11 Å². The summed E-state index contributed by atoms with van der Waals surface area (Å²) in [5.41, 5.74) is 0.0739. The Bertz CT molecular complexity index is 564. The molecule has 154 valence electrons. The average molecular weight is 381 g/mol. The number of hydrogen-bond acceptors (Lipinski definition) is 4. The first-order chi connectivity index (χ1) is 12.8. The smallest absolute Gasteiger partial charge is 0.246 e. The first kappa shape index (κ1) is 20.6. The van der Waals surface area contributed by atoms with Crippen molar-refractivity contribution in [3.63, 3.8) is 0 Å². The van der Waals surface area contributed by atoms with E-state index < -0.39 is 6.10 Å². The summed E-state index contributed by atoms with van der Waals surface area (Å²) < 4.78 is 4.93. The third-order valence-electron chi connectivity index (χ3n) is 7.49. The molecule has 3 aliphatic carbocycles. The molecule has 3 N–H and O–H groups in total. The number of nitrogens with one attached hydrogen (secondary N) is 2. The van der Waals surface area contributed by atoms with Crippen LogP contribution in [0.5, 0.6) is 0 Å². The summed E-state index contributed by atoms with van der Waals surface area (Å²) in [5.74, 6) is 0.0455. The lowest BCUT2D eigenvalue weighted by atomic mass is 9.51. The van der Waals surface area contributed by atoms with Crippen molar-refractivity contribution in [1.82, 2.24) is 10.6 Å². The molecule has 7 atom stereocenters. The molecule has 0 saturated heterocycles. The minimum atomic E-state index is -0.513. The highest BCUT2D eigenvalue weighted by Crippen LogP contribution is 2.55. The fraction of sp³-hybridized carbons (Fsp3) is 0.905. The Morgan fingerprint density at radius 2 is 1.85 bits per heavy atom. The van der Waals surface area contributed by atoms with E-state index in [2.05, 4.69) is 24.5 Å². The van der Waals surface area contributed by atoms with Gasteiger partial charge in [0.1, 0.15) is 6.61 Å². The highest BCUT2D eigenvalue weighted by atomic mass is 16.5. The highest BCUT2D eigenvalue weighted by molar-refractivity contribution is 5.79. The number of carbonyl (C=O) groups is 2. The van der Waals surface area contributed by atoms with E-state index in [9.17, 15) is 14.7 Å². The molecule has 0 spiro atoms. The van der Waals surface area contributed by atoms with Crippen LogP contribution in [0.4, 0.5) is 0 Å². The van der Waals surface area contributed by atoms with E-state index in [4.69, 9.17) is 4.74 Å². The lowest BCUT2D eigenvalue weighted by molar-refractivity contribution is -0.144. The molecule has 0 bridgehead atoms. The van der Waals surface area contributed by atoms with Crippen LogP contribution in [0.15, 0.2) is 0 Å². The number of carbonyl (C=O) groups excluding carboxylic acids is 2. The monoisotopic (exact) mass is 380 g/mol. The molecule has 27 heavy (non-hydrogen) atoms. The van der Waals surface area contributed by atoms with E-state index in [1.807, 2.05) is 6.92 Å². The molecule has 0 aromatic heterocycles. The molecule has 3 saturated carbocycles. The predicted octanol–water partition coefficient (Wildman–Crippen LogP) is 1.86. The zero-order chi connectivity index (χ0) is 19.8. The molecule has 2 amide bonds. The van der Waals surface area contributed by atoms with Crippen LogP contribution >= 0.6 is 0 Å². The van der Waals surface area contributed by atoms with Crippen molar-refractivity contribution < 1.29 is 19.4 Å². The molecule has 0 aromatic carbocycles. The third-order valence-corrected chi connectivity index (χ3v) is 7.49. The minimum Gasteiger partial charge on any atom is -0.392 e. The standard InChI is InChI=1S/C21H36N2O4/c1-12(20(26)22-14-5-6-14)15-7-9-21(3)10-8-16(23-17(24)11-27-4)13(2)18(21)19(15)25/h12-16,18-19,25H,5-11H2,1-4H3,(H,22,26)(H,23,24). The molecule has 6 heteroatoms. The first-order valence-corrected chi connectivity index (χ1v) is 10.5. The lowest BCUT2D eigenvalue weighted by Gasteiger charge is -2.56. The quantitative estimate of drug-likeness (QED) is 0.656. The zero-order valence-electron chi connectivity index (χ0n) is 17.2. The fourth-order valence-electron chi connectivity index (χ4n) is 5.63. The summed E-state index contributed by atoms with van der Waals surface area (Å²) in [4.78, 5) is 24.5. The van der Waals surface area contributed by atoms with Gasteiger partial charge in [-0.15, -0.1) is 0 Å². The van der Waals surface area contributed by atoms with Crippen molar-refractivity contribution in [3.05, 3.63) is 0 Å². The summed E-state index contributed by atoms with van der Waals surface area (Å²) in [6.45, 7) is 6.43. The van der Waals surface area contributed by atoms with E-state index in [1.54, 1.807) is 0 Å². The molecule has 0 radical (unpaired) electrons. The number of hydrogen-bond donors (Lipinski definition) is 3. The number of aliphatic hydroxyl groups is 1. The molecule has 0 heterocycles. The Morgan fingerprint density at radius 3 is 2.48 bits per heavy atom. The number of ether oxygens (including phenoxy) is 1. The lowest BCUT2D eigenvalue weighted by Crippen LogP contribution is -2.58. The van der Waals surface area contributed by atoms with Crippen LogP contribution in [0, 0.1) is 29.1 Å². The molecular formula is C21H36N2O4. The molecule has 6 nitrogen and oxygen atoms in total. The highest BCUT2D eigenvalue weighted by Gasteiger charge is 2.54. The normalized spacial score (nSPS) is 40.0. The summed E-state index contributed by atoms with van der Waals surface area (Å²) >= 11 is 0. The summed E-state index contributed by atoms with van der Waals surface area (Å²) in [7, 11) is 1.52. The largest absolute Gasteiger partial charge is 0.392 e. The molecule has 3 aliphatic rings. The Kier molecular flexibility index (Phi) is 6.16. The van der Waals surface area contributed by atoms with Gasteiger partial charge in [-0.25, -0.2) is 0 Å². The summed E-state index contributed by atoms with van der Waals surface area (Å²) in [6, 6.07) is 0.398. The number of rotatable bonds is 6. The van der Waals surface area contributed by atoms with E-state index in [0.717, 1.165) is 38.5 Å². The van der Waals surface area contributed by atoms with Gasteiger partial charge in [-0.1, -0.05) is 20.8 Å². The second kappa shape index (κ2) is 8.08. The van der Waals surface area contributed by atoms with E-state index in [0.29, 0.717) is 6.04 Å². The van der Waals surface area contributed by atoms with Crippen LogP contribution in [0.2, 0.25) is 0 Å². The zero-order valence-corrected chi connectivity index (χ0v) is 17.2. The van der Waals surface area contributed by atoms with Crippen molar-refractivity contribution in [1.29, 1.82) is 0 Å². The van der Waals surface area contributed by atoms with Crippen molar-refractivity contribution in [2.45, 2.75) is 77.5 Å². The van der Waals surface area contributed by atoms with E-state index in [-0.39, 0.29) is 53.5 Å². The Balaban J connectivity index is 1.70. The summed E-state index contributed by atoms with van der Waals surface area (Å²) in [6.07, 6.45) is 5.48. The first-order valence-electron chi connectivity index (χ1n) is 10.5. The topological polar surface area (TPSA) is 87.7 Å². The van der Waals surface area contributed by atoms with Gasteiger partial charge in [-0.05, 0) is 61.7 Å². The van der Waals surface area contributed by atoms with Crippen LogP contribution in [-0.4, -0.2) is 48.8 Å². The average Bonchev–Trinajstić information content (AvgIpc) is 3.41. The Labute approximate surface area is 162 Å². The van der Waals surface area contributed by atoms with Crippen LogP contribution in [-0.2, 0) is 14.3 Å². The molecular weight excluding hydrogens is 344 g/mol. The molecule has 0 aromatic rings. The van der Waals surface area contributed by atoms with Gasteiger partial charge in [-0.3, -0.25) is 9.59 Å². The number of fused-ring (bicyclic) bond motifs is 1. The second-order valence-corrected chi connectivity index (χ2v) is 9.45. The SMILES string of the molecule is COCC(=O)NC1CCC2(C)CCC(C(C)C(=O)NC3CC3)C(O)C2C1C. The molecule has 3 rings (SSSR count). The number of methoxy groups -OCH3 is 1. The van der Waals surface area contributed by atoms with Crippen molar-refractivity contribution in [3.8, 4) is 0 Å². The van der Waals surface area contributed by atoms with Crippen LogP contribution in [0.25, 0.3) is 0 Å². The predicted molar refractivity (Wildman–Crippen MR) is 103 cm³/mol. The third kappa shape index (κ3) is 4.32. The van der Waals surface area contributed by atoms with Gasteiger partial charge in [-0.2, -0.15) is 0 Å². The van der Waals surface area contributed by atoms with Gasteiger partial charge in [0.25, 0.3) is 0 Å². The fourth-order valence-corrected chi connectivity index (χ4v) is 5.63. The second-order valence-electron chi connectivity index (χ2n) is 9.45. The Morgan fingerprint density at radius 1 is 1.19 bits per heavy atom. The van der Waals surface area contributed by atoms with Crippen molar-refractivity contribution >= 4 is 11.8 Å². The van der Waals surface area contributed by atoms with Gasteiger partial charge in [0.2, 0.25) is 11.8 Å². The van der Waals surface area contributed by atoms with Gasteiger partial charge in [0.05, 0.1) is 6.10 Å². The van der Waals surface area contributed by atoms with Crippen molar-refractivity contribution in [2.75, 3.05) is 13.7 Å².